The van der Waals surface area contributed by atoms with Gasteiger partial charge in [-0.2, -0.15) is 0 Å². The lowest BCUT2D eigenvalue weighted by Crippen LogP contribution is -2.47. The van der Waals surface area contributed by atoms with Crippen LogP contribution in [0.3, 0.4) is 0 Å². The summed E-state index contributed by atoms with van der Waals surface area (Å²) in [6.07, 6.45) is 25.5. The van der Waals surface area contributed by atoms with Gasteiger partial charge in [-0.15, -0.1) is 0 Å². The number of hydrogen-bond acceptors (Lipinski definition) is 0. The van der Waals surface area contributed by atoms with Crippen LogP contribution in [0.2, 0.25) is 0 Å². The van der Waals surface area contributed by atoms with Gasteiger partial charge in [0, 0.05) is 0 Å². The molecule has 0 N–H and O–H groups in total. The standard InChI is InChI=1S/C22H39S/c1-23(2)19-13-11-16(12-14-19)22-20-9-5-3-7-17(20)15-18-8-4-6-10-21(18)22/h16-22H,3-15H2,1-2H3/q+1. The first-order chi connectivity index (χ1) is 11.2. The monoisotopic (exact) mass is 335 g/mol. The topological polar surface area (TPSA) is 0 Å². The highest BCUT2D eigenvalue weighted by molar-refractivity contribution is 7.96. The van der Waals surface area contributed by atoms with Crippen LogP contribution in [-0.4, -0.2) is 17.8 Å². The third-order valence-corrected chi connectivity index (χ3v) is 10.3. The smallest absolute Gasteiger partial charge is 0.0530 e. The van der Waals surface area contributed by atoms with Crippen molar-refractivity contribution in [3.8, 4) is 0 Å². The molecular formula is C22H39S+. The van der Waals surface area contributed by atoms with E-state index in [0.29, 0.717) is 10.9 Å². The van der Waals surface area contributed by atoms with E-state index >= 15 is 0 Å². The van der Waals surface area contributed by atoms with Crippen LogP contribution in [0.5, 0.6) is 0 Å². The Morgan fingerprint density at radius 2 is 1.09 bits per heavy atom. The van der Waals surface area contributed by atoms with Crippen LogP contribution in [0.1, 0.15) is 83.5 Å². The first kappa shape index (κ1) is 16.8. The molecule has 4 aliphatic rings. The second-order valence-electron chi connectivity index (χ2n) is 9.65. The summed E-state index contributed by atoms with van der Waals surface area (Å²) in [6, 6.07) is 0. The summed E-state index contributed by atoms with van der Waals surface area (Å²) >= 11 is 0. The van der Waals surface area contributed by atoms with Gasteiger partial charge in [0.25, 0.3) is 0 Å². The molecule has 4 rings (SSSR count). The fraction of sp³-hybridized carbons (Fsp3) is 1.00. The fourth-order valence-corrected chi connectivity index (χ4v) is 8.64. The highest BCUT2D eigenvalue weighted by Crippen LogP contribution is 2.57. The van der Waals surface area contributed by atoms with Gasteiger partial charge in [-0.3, -0.25) is 0 Å². The van der Waals surface area contributed by atoms with E-state index in [0.717, 1.165) is 40.8 Å². The van der Waals surface area contributed by atoms with Crippen LogP contribution in [-0.2, 0) is 10.9 Å². The van der Waals surface area contributed by atoms with Crippen LogP contribution < -0.4 is 0 Å². The third kappa shape index (κ3) is 3.38. The van der Waals surface area contributed by atoms with Crippen molar-refractivity contribution in [1.82, 2.24) is 0 Å². The van der Waals surface area contributed by atoms with Crippen molar-refractivity contribution in [3.63, 3.8) is 0 Å². The molecule has 0 radical (unpaired) electrons. The molecule has 0 saturated heterocycles. The molecular weight excluding hydrogens is 296 g/mol. The second-order valence-corrected chi connectivity index (χ2v) is 12.1. The zero-order valence-corrected chi connectivity index (χ0v) is 16.5. The van der Waals surface area contributed by atoms with Crippen molar-refractivity contribution < 1.29 is 0 Å². The van der Waals surface area contributed by atoms with E-state index in [4.69, 9.17) is 0 Å². The summed E-state index contributed by atoms with van der Waals surface area (Å²) in [4.78, 5) is 0. The number of hydrogen-bond donors (Lipinski definition) is 0. The number of fused-ring (bicyclic) bond motifs is 2. The minimum absolute atomic E-state index is 0.662. The molecule has 0 amide bonds. The molecule has 132 valence electrons. The van der Waals surface area contributed by atoms with Gasteiger partial charge in [-0.25, -0.2) is 0 Å². The lowest BCUT2D eigenvalue weighted by molar-refractivity contribution is -0.0476. The molecule has 0 aromatic rings. The van der Waals surface area contributed by atoms with Crippen molar-refractivity contribution in [2.24, 2.45) is 35.5 Å². The third-order valence-electron chi connectivity index (χ3n) is 8.46. The summed E-state index contributed by atoms with van der Waals surface area (Å²) in [6.45, 7) is 0. The zero-order chi connectivity index (χ0) is 15.8. The fourth-order valence-electron chi connectivity index (χ4n) is 7.42. The Bertz CT molecular complexity index is 359. The molecule has 0 aromatic carbocycles. The zero-order valence-electron chi connectivity index (χ0n) is 15.6. The quantitative estimate of drug-likeness (QED) is 0.538. The molecule has 0 bridgehead atoms. The molecule has 0 aliphatic heterocycles. The van der Waals surface area contributed by atoms with Crippen LogP contribution in [0.4, 0.5) is 0 Å². The minimum atomic E-state index is 0.662. The molecule has 4 fully saturated rings. The molecule has 4 unspecified atom stereocenters. The summed E-state index contributed by atoms with van der Waals surface area (Å²) in [5.41, 5.74) is 0. The Balaban J connectivity index is 1.51. The average molecular weight is 336 g/mol. The summed E-state index contributed by atoms with van der Waals surface area (Å²) in [5, 5.41) is 1.07. The van der Waals surface area contributed by atoms with Gasteiger partial charge in [-0.05, 0) is 91.3 Å². The first-order valence-electron chi connectivity index (χ1n) is 10.8. The molecule has 0 nitrogen and oxygen atoms in total. The van der Waals surface area contributed by atoms with Gasteiger partial charge in [0.2, 0.25) is 0 Å². The van der Waals surface area contributed by atoms with Crippen LogP contribution in [0.25, 0.3) is 0 Å². The Morgan fingerprint density at radius 1 is 0.565 bits per heavy atom. The van der Waals surface area contributed by atoms with E-state index in [1.165, 1.54) is 0 Å². The highest BCUT2D eigenvalue weighted by atomic mass is 32.2. The Labute approximate surface area is 147 Å². The predicted octanol–water partition coefficient (Wildman–Crippen LogP) is 6.06. The molecule has 4 atom stereocenters. The van der Waals surface area contributed by atoms with Crippen molar-refractivity contribution in [2.75, 3.05) is 12.5 Å². The predicted molar refractivity (Wildman–Crippen MR) is 104 cm³/mol. The van der Waals surface area contributed by atoms with Crippen LogP contribution in [0.15, 0.2) is 0 Å². The van der Waals surface area contributed by atoms with Crippen molar-refractivity contribution in [2.45, 2.75) is 88.7 Å². The van der Waals surface area contributed by atoms with E-state index in [1.807, 2.05) is 0 Å². The number of rotatable bonds is 2. The Hall–Kier alpha value is 0.350. The van der Waals surface area contributed by atoms with Crippen LogP contribution >= 0.6 is 0 Å². The summed E-state index contributed by atoms with van der Waals surface area (Å²) in [7, 11) is 0.662. The van der Waals surface area contributed by atoms with Gasteiger partial charge < -0.3 is 0 Å². The summed E-state index contributed by atoms with van der Waals surface area (Å²) in [5.74, 6) is 6.83. The van der Waals surface area contributed by atoms with E-state index < -0.39 is 0 Å². The maximum absolute atomic E-state index is 2.49. The van der Waals surface area contributed by atoms with Gasteiger partial charge >= 0.3 is 0 Å². The Kier molecular flexibility index (Phi) is 5.33. The van der Waals surface area contributed by atoms with Crippen molar-refractivity contribution in [3.05, 3.63) is 0 Å². The van der Waals surface area contributed by atoms with E-state index in [2.05, 4.69) is 12.5 Å². The SMILES string of the molecule is C[S+](C)C1CCC(C2C3CCCCC3CC3CCCCC32)CC1. The molecule has 0 spiro atoms. The lowest BCUT2D eigenvalue weighted by atomic mass is 9.51. The van der Waals surface area contributed by atoms with Crippen molar-refractivity contribution in [1.29, 1.82) is 0 Å². The average Bonchev–Trinajstić information content (AvgIpc) is 2.59. The van der Waals surface area contributed by atoms with Gasteiger partial charge in [-0.1, -0.05) is 38.5 Å². The van der Waals surface area contributed by atoms with Crippen LogP contribution in [0, 0.1) is 35.5 Å². The highest BCUT2D eigenvalue weighted by Gasteiger charge is 2.49. The van der Waals surface area contributed by atoms with E-state index in [1.54, 1.807) is 83.5 Å². The molecule has 1 heteroatoms. The van der Waals surface area contributed by atoms with Crippen molar-refractivity contribution >= 4 is 10.9 Å². The molecule has 0 aromatic heterocycles. The Morgan fingerprint density at radius 3 is 1.61 bits per heavy atom. The maximum atomic E-state index is 2.49. The van der Waals surface area contributed by atoms with Gasteiger partial charge in [0.05, 0.1) is 12.5 Å². The lowest BCUT2D eigenvalue weighted by Gasteiger charge is -2.54. The molecule has 23 heavy (non-hydrogen) atoms. The normalized spacial score (nSPS) is 47.9. The van der Waals surface area contributed by atoms with Gasteiger partial charge in [0.15, 0.2) is 0 Å². The minimum Gasteiger partial charge on any atom is -0.0530 e. The molecule has 0 heterocycles. The van der Waals surface area contributed by atoms with Gasteiger partial charge in [0.1, 0.15) is 5.25 Å². The largest absolute Gasteiger partial charge is 0.117 e. The maximum Gasteiger partial charge on any atom is 0.117 e. The van der Waals surface area contributed by atoms with E-state index in [9.17, 15) is 0 Å². The first-order valence-corrected chi connectivity index (χ1v) is 12.9. The molecule has 4 aliphatic carbocycles. The summed E-state index contributed by atoms with van der Waals surface area (Å²) < 4.78 is 0. The van der Waals surface area contributed by atoms with E-state index in [-0.39, 0.29) is 0 Å². The second kappa shape index (κ2) is 7.30. The molecule has 4 saturated carbocycles.